The van der Waals surface area contributed by atoms with E-state index in [4.69, 9.17) is 4.98 Å². The summed E-state index contributed by atoms with van der Waals surface area (Å²) in [5, 5.41) is 9.94. The van der Waals surface area contributed by atoms with Crippen molar-refractivity contribution in [1.82, 2.24) is 19.4 Å². The maximum Gasteiger partial charge on any atom is 0.327 e. The fraction of sp³-hybridized carbons (Fsp3) is 0.500. The Hall–Kier alpha value is -2.18. The quantitative estimate of drug-likeness (QED) is 0.892. The van der Waals surface area contributed by atoms with Crippen LogP contribution in [0.25, 0.3) is 11.4 Å². The molecule has 0 amide bonds. The number of carboxylic acids is 1. The first-order chi connectivity index (χ1) is 12.4. The topological polar surface area (TPSA) is 61.6 Å². The molecule has 2 heterocycles. The van der Waals surface area contributed by atoms with Gasteiger partial charge in [-0.15, -0.1) is 0 Å². The Balaban J connectivity index is 1.91. The third-order valence-electron chi connectivity index (χ3n) is 5.39. The fourth-order valence-electron chi connectivity index (χ4n) is 3.66. The van der Waals surface area contributed by atoms with Gasteiger partial charge in [0.2, 0.25) is 0 Å². The Kier molecular flexibility index (Phi) is 5.44. The molecule has 0 bridgehead atoms. The second-order valence-electron chi connectivity index (χ2n) is 7.24. The van der Waals surface area contributed by atoms with Crippen molar-refractivity contribution in [3.63, 3.8) is 0 Å². The number of hydrogen-bond donors (Lipinski definition) is 1. The standard InChI is InChI=1S/C20H28N4O2/c1-14(2)23-10-12-24(13-11-23)18(20(25)26)17-15(3)22(4)19(21-17)16-8-6-5-7-9-16/h5-9,14,18H,10-13H2,1-4H3,(H,25,26). The van der Waals surface area contributed by atoms with Gasteiger partial charge in [0.15, 0.2) is 6.04 Å². The van der Waals surface area contributed by atoms with E-state index in [0.29, 0.717) is 11.7 Å². The monoisotopic (exact) mass is 356 g/mol. The summed E-state index contributed by atoms with van der Waals surface area (Å²) in [6, 6.07) is 9.70. The van der Waals surface area contributed by atoms with Gasteiger partial charge in [-0.3, -0.25) is 14.6 Å². The molecule has 6 nitrogen and oxygen atoms in total. The van der Waals surface area contributed by atoms with Crippen LogP contribution in [-0.4, -0.2) is 62.6 Å². The zero-order valence-corrected chi connectivity index (χ0v) is 16.0. The highest BCUT2D eigenvalue weighted by Crippen LogP contribution is 2.29. The number of aliphatic carboxylic acids is 1. The molecule has 0 radical (unpaired) electrons. The van der Waals surface area contributed by atoms with Crippen molar-refractivity contribution in [2.45, 2.75) is 32.9 Å². The number of nitrogens with zero attached hydrogens (tertiary/aromatic N) is 4. The Labute approximate surface area is 155 Å². The molecular weight excluding hydrogens is 328 g/mol. The highest BCUT2D eigenvalue weighted by atomic mass is 16.4. The molecule has 6 heteroatoms. The van der Waals surface area contributed by atoms with Gasteiger partial charge in [0.25, 0.3) is 0 Å². The minimum Gasteiger partial charge on any atom is -0.480 e. The lowest BCUT2D eigenvalue weighted by molar-refractivity contribution is -0.144. The average Bonchev–Trinajstić information content (AvgIpc) is 2.92. The van der Waals surface area contributed by atoms with Crippen LogP contribution in [0.5, 0.6) is 0 Å². The number of imidazole rings is 1. The van der Waals surface area contributed by atoms with Crippen LogP contribution >= 0.6 is 0 Å². The minimum atomic E-state index is -0.830. The fourth-order valence-corrected chi connectivity index (χ4v) is 3.66. The Morgan fingerprint density at radius 3 is 2.19 bits per heavy atom. The Morgan fingerprint density at radius 2 is 1.65 bits per heavy atom. The van der Waals surface area contributed by atoms with E-state index in [-0.39, 0.29) is 0 Å². The maximum absolute atomic E-state index is 12.1. The highest BCUT2D eigenvalue weighted by molar-refractivity contribution is 5.76. The predicted molar refractivity (Wildman–Crippen MR) is 102 cm³/mol. The first kappa shape index (κ1) is 18.6. The zero-order valence-electron chi connectivity index (χ0n) is 16.0. The van der Waals surface area contributed by atoms with Crippen LogP contribution in [0.4, 0.5) is 0 Å². The molecule has 1 aromatic heterocycles. The molecule has 0 aliphatic carbocycles. The van der Waals surface area contributed by atoms with Gasteiger partial charge in [-0.25, -0.2) is 4.98 Å². The molecule has 1 aliphatic rings. The van der Waals surface area contributed by atoms with Crippen molar-refractivity contribution in [1.29, 1.82) is 0 Å². The van der Waals surface area contributed by atoms with E-state index in [0.717, 1.165) is 43.3 Å². The molecule has 1 aliphatic heterocycles. The molecule has 2 aromatic rings. The van der Waals surface area contributed by atoms with Crippen molar-refractivity contribution in [3.8, 4) is 11.4 Å². The summed E-state index contributed by atoms with van der Waals surface area (Å²) in [6.45, 7) is 9.57. The summed E-state index contributed by atoms with van der Waals surface area (Å²) >= 11 is 0. The molecule has 3 rings (SSSR count). The van der Waals surface area contributed by atoms with Gasteiger partial charge in [-0.1, -0.05) is 30.3 Å². The Morgan fingerprint density at radius 1 is 1.08 bits per heavy atom. The van der Waals surface area contributed by atoms with E-state index in [2.05, 4.69) is 18.7 Å². The summed E-state index contributed by atoms with van der Waals surface area (Å²) in [4.78, 5) is 21.3. The molecule has 1 aromatic carbocycles. The van der Waals surface area contributed by atoms with Crippen LogP contribution in [0, 0.1) is 6.92 Å². The number of piperazine rings is 1. The van der Waals surface area contributed by atoms with E-state index >= 15 is 0 Å². The van der Waals surface area contributed by atoms with Crippen molar-refractivity contribution >= 4 is 5.97 Å². The molecule has 1 atom stereocenters. The average molecular weight is 356 g/mol. The van der Waals surface area contributed by atoms with E-state index in [9.17, 15) is 9.90 Å². The van der Waals surface area contributed by atoms with Crippen LogP contribution < -0.4 is 0 Å². The lowest BCUT2D eigenvalue weighted by Crippen LogP contribution is -2.51. The largest absolute Gasteiger partial charge is 0.480 e. The molecule has 26 heavy (non-hydrogen) atoms. The number of rotatable bonds is 5. The summed E-state index contributed by atoms with van der Waals surface area (Å²) < 4.78 is 1.99. The summed E-state index contributed by atoms with van der Waals surface area (Å²) in [6.07, 6.45) is 0. The van der Waals surface area contributed by atoms with Gasteiger partial charge in [0.1, 0.15) is 5.82 Å². The number of carbonyl (C=O) groups is 1. The van der Waals surface area contributed by atoms with Crippen molar-refractivity contribution < 1.29 is 9.90 Å². The summed E-state index contributed by atoms with van der Waals surface area (Å²) in [7, 11) is 1.95. The molecule has 1 N–H and O–H groups in total. The van der Waals surface area contributed by atoms with Crippen molar-refractivity contribution in [3.05, 3.63) is 41.7 Å². The van der Waals surface area contributed by atoms with Gasteiger partial charge < -0.3 is 9.67 Å². The number of aromatic nitrogens is 2. The SMILES string of the molecule is Cc1c(C(C(=O)O)N2CCN(C(C)C)CC2)nc(-c2ccccc2)n1C. The van der Waals surface area contributed by atoms with E-state index in [1.807, 2.05) is 53.8 Å². The van der Waals surface area contributed by atoms with Gasteiger partial charge in [0.05, 0.1) is 5.69 Å². The molecule has 0 spiro atoms. The number of hydrogen-bond acceptors (Lipinski definition) is 4. The third kappa shape index (κ3) is 3.52. The van der Waals surface area contributed by atoms with Crippen molar-refractivity contribution in [2.75, 3.05) is 26.2 Å². The van der Waals surface area contributed by atoms with Gasteiger partial charge in [-0.05, 0) is 20.8 Å². The molecule has 140 valence electrons. The second-order valence-corrected chi connectivity index (χ2v) is 7.24. The maximum atomic E-state index is 12.1. The molecule has 1 unspecified atom stereocenters. The smallest absolute Gasteiger partial charge is 0.327 e. The highest BCUT2D eigenvalue weighted by Gasteiger charge is 2.34. The van der Waals surface area contributed by atoms with E-state index in [1.165, 1.54) is 0 Å². The predicted octanol–water partition coefficient (Wildman–Crippen LogP) is 2.55. The lowest BCUT2D eigenvalue weighted by atomic mass is 10.1. The van der Waals surface area contributed by atoms with E-state index < -0.39 is 12.0 Å². The van der Waals surface area contributed by atoms with Crippen LogP contribution in [0.1, 0.15) is 31.3 Å². The van der Waals surface area contributed by atoms with Crippen LogP contribution in [0.3, 0.4) is 0 Å². The molecule has 1 saturated heterocycles. The van der Waals surface area contributed by atoms with Crippen LogP contribution in [0.15, 0.2) is 30.3 Å². The molecule has 1 fully saturated rings. The minimum absolute atomic E-state index is 0.488. The first-order valence-corrected chi connectivity index (χ1v) is 9.19. The van der Waals surface area contributed by atoms with Gasteiger partial charge in [-0.2, -0.15) is 0 Å². The molecule has 0 saturated carbocycles. The van der Waals surface area contributed by atoms with Gasteiger partial charge >= 0.3 is 5.97 Å². The van der Waals surface area contributed by atoms with Crippen molar-refractivity contribution in [2.24, 2.45) is 7.05 Å². The van der Waals surface area contributed by atoms with E-state index in [1.54, 1.807) is 0 Å². The summed E-state index contributed by atoms with van der Waals surface area (Å²) in [5.74, 6) is -0.0195. The molecular formula is C20H28N4O2. The zero-order chi connectivity index (χ0) is 18.8. The lowest BCUT2D eigenvalue weighted by Gasteiger charge is -2.39. The van der Waals surface area contributed by atoms with Gasteiger partial charge in [0, 0.05) is 50.5 Å². The normalized spacial score (nSPS) is 17.6. The summed E-state index contributed by atoms with van der Waals surface area (Å²) in [5.41, 5.74) is 2.55. The number of carboxylic acid groups (broad SMARTS) is 1. The van der Waals surface area contributed by atoms with Crippen LogP contribution in [-0.2, 0) is 11.8 Å². The first-order valence-electron chi connectivity index (χ1n) is 9.19. The number of benzene rings is 1. The second kappa shape index (κ2) is 7.60. The third-order valence-corrected chi connectivity index (χ3v) is 5.39. The Bertz CT molecular complexity index is 762. The van der Waals surface area contributed by atoms with Crippen LogP contribution in [0.2, 0.25) is 0 Å².